The molecule has 0 aromatic heterocycles. The largest absolute Gasteiger partial charge is 0.0649 e. The second-order valence-corrected chi connectivity index (χ2v) is 4.68. The standard InChI is InChI=1S/C10H20/c1-5-9(3)7-10(4,6-2)8-9/h5-8H2,1-4H3. The van der Waals surface area contributed by atoms with E-state index in [2.05, 4.69) is 27.7 Å². The van der Waals surface area contributed by atoms with E-state index in [9.17, 15) is 0 Å². The van der Waals surface area contributed by atoms with Crippen molar-refractivity contribution >= 4 is 0 Å². The van der Waals surface area contributed by atoms with Gasteiger partial charge in [-0.3, -0.25) is 0 Å². The Balaban J connectivity index is 2.42. The molecule has 60 valence electrons. The minimum Gasteiger partial charge on any atom is -0.0649 e. The third kappa shape index (κ3) is 1.21. The van der Waals surface area contributed by atoms with Crippen LogP contribution in [0.25, 0.3) is 0 Å². The van der Waals surface area contributed by atoms with Crippen LogP contribution in [0.1, 0.15) is 53.4 Å². The minimum absolute atomic E-state index is 0.699. The predicted octanol–water partition coefficient (Wildman–Crippen LogP) is 3.61. The number of hydrogen-bond acceptors (Lipinski definition) is 0. The lowest BCUT2D eigenvalue weighted by molar-refractivity contribution is -0.0178. The monoisotopic (exact) mass is 140 g/mol. The van der Waals surface area contributed by atoms with Gasteiger partial charge in [0, 0.05) is 0 Å². The molecular weight excluding hydrogens is 120 g/mol. The van der Waals surface area contributed by atoms with Gasteiger partial charge in [0.15, 0.2) is 0 Å². The van der Waals surface area contributed by atoms with Gasteiger partial charge >= 0.3 is 0 Å². The van der Waals surface area contributed by atoms with Crippen molar-refractivity contribution in [2.75, 3.05) is 0 Å². The molecule has 0 atom stereocenters. The van der Waals surface area contributed by atoms with Crippen LogP contribution in [0.3, 0.4) is 0 Å². The van der Waals surface area contributed by atoms with Crippen molar-refractivity contribution in [3.63, 3.8) is 0 Å². The van der Waals surface area contributed by atoms with E-state index in [0.29, 0.717) is 10.8 Å². The number of rotatable bonds is 2. The van der Waals surface area contributed by atoms with Crippen LogP contribution >= 0.6 is 0 Å². The smallest absolute Gasteiger partial charge is 0.0318 e. The predicted molar refractivity (Wildman–Crippen MR) is 46.0 cm³/mol. The Morgan fingerprint density at radius 2 is 1.20 bits per heavy atom. The fourth-order valence-corrected chi connectivity index (χ4v) is 2.51. The summed E-state index contributed by atoms with van der Waals surface area (Å²) in [7, 11) is 0. The summed E-state index contributed by atoms with van der Waals surface area (Å²) in [6.45, 7) is 9.47. The van der Waals surface area contributed by atoms with Crippen LogP contribution < -0.4 is 0 Å². The van der Waals surface area contributed by atoms with E-state index < -0.39 is 0 Å². The second kappa shape index (κ2) is 2.25. The summed E-state index contributed by atoms with van der Waals surface area (Å²) in [5.74, 6) is 0. The molecule has 1 fully saturated rings. The molecule has 0 N–H and O–H groups in total. The topological polar surface area (TPSA) is 0 Å². The van der Waals surface area contributed by atoms with Crippen molar-refractivity contribution in [2.24, 2.45) is 10.8 Å². The molecule has 0 saturated heterocycles. The van der Waals surface area contributed by atoms with Gasteiger partial charge in [-0.05, 0) is 23.7 Å². The molecule has 0 aromatic rings. The molecule has 0 amide bonds. The summed E-state index contributed by atoms with van der Waals surface area (Å²) in [5, 5.41) is 0. The van der Waals surface area contributed by atoms with Crippen molar-refractivity contribution in [3.8, 4) is 0 Å². The van der Waals surface area contributed by atoms with Crippen LogP contribution in [0, 0.1) is 10.8 Å². The zero-order valence-electron chi connectivity index (χ0n) is 7.83. The lowest BCUT2D eigenvalue weighted by Gasteiger charge is -2.53. The average Bonchev–Trinajstić information content (AvgIpc) is 1.85. The lowest BCUT2D eigenvalue weighted by atomic mass is 9.52. The van der Waals surface area contributed by atoms with Gasteiger partial charge in [-0.25, -0.2) is 0 Å². The van der Waals surface area contributed by atoms with Crippen LogP contribution in [0.2, 0.25) is 0 Å². The molecule has 0 aromatic carbocycles. The summed E-state index contributed by atoms with van der Waals surface area (Å²) in [5.41, 5.74) is 1.40. The van der Waals surface area contributed by atoms with Gasteiger partial charge in [-0.1, -0.05) is 40.5 Å². The molecule has 0 unspecified atom stereocenters. The van der Waals surface area contributed by atoms with E-state index in [-0.39, 0.29) is 0 Å². The first kappa shape index (κ1) is 8.10. The zero-order valence-corrected chi connectivity index (χ0v) is 7.83. The number of hydrogen-bond donors (Lipinski definition) is 0. The van der Waals surface area contributed by atoms with Crippen LogP contribution in [0.5, 0.6) is 0 Å². The van der Waals surface area contributed by atoms with Gasteiger partial charge in [0.1, 0.15) is 0 Å². The van der Waals surface area contributed by atoms with E-state index in [1.165, 1.54) is 25.7 Å². The zero-order chi connectivity index (χ0) is 7.83. The van der Waals surface area contributed by atoms with E-state index in [0.717, 1.165) is 0 Å². The molecule has 0 radical (unpaired) electrons. The molecule has 0 spiro atoms. The maximum absolute atomic E-state index is 2.42. The summed E-state index contributed by atoms with van der Waals surface area (Å²) < 4.78 is 0. The SMILES string of the molecule is CCC1(C)CC(C)(CC)C1. The molecule has 1 aliphatic carbocycles. The van der Waals surface area contributed by atoms with Crippen molar-refractivity contribution in [1.82, 2.24) is 0 Å². The summed E-state index contributed by atoms with van der Waals surface area (Å²) >= 11 is 0. The van der Waals surface area contributed by atoms with E-state index in [4.69, 9.17) is 0 Å². The molecule has 0 nitrogen and oxygen atoms in total. The van der Waals surface area contributed by atoms with Crippen LogP contribution in [0.15, 0.2) is 0 Å². The van der Waals surface area contributed by atoms with Gasteiger partial charge < -0.3 is 0 Å². The Morgan fingerprint density at radius 3 is 1.40 bits per heavy atom. The Bertz CT molecular complexity index is 104. The molecule has 1 rings (SSSR count). The maximum atomic E-state index is 2.42. The van der Waals surface area contributed by atoms with Crippen molar-refractivity contribution in [2.45, 2.75) is 53.4 Å². The van der Waals surface area contributed by atoms with Gasteiger partial charge in [-0.15, -0.1) is 0 Å². The van der Waals surface area contributed by atoms with Gasteiger partial charge in [0.25, 0.3) is 0 Å². The highest BCUT2D eigenvalue weighted by Gasteiger charge is 2.45. The van der Waals surface area contributed by atoms with E-state index >= 15 is 0 Å². The Kier molecular flexibility index (Phi) is 1.82. The van der Waals surface area contributed by atoms with Crippen LogP contribution in [0.4, 0.5) is 0 Å². The Labute approximate surface area is 65.0 Å². The Hall–Kier alpha value is 0. The molecule has 0 aliphatic heterocycles. The first-order chi connectivity index (χ1) is 4.54. The summed E-state index contributed by atoms with van der Waals surface area (Å²) in [4.78, 5) is 0. The lowest BCUT2D eigenvalue weighted by Crippen LogP contribution is -2.41. The van der Waals surface area contributed by atoms with Crippen LogP contribution in [-0.4, -0.2) is 0 Å². The van der Waals surface area contributed by atoms with Crippen molar-refractivity contribution in [1.29, 1.82) is 0 Å². The fourth-order valence-electron chi connectivity index (χ4n) is 2.51. The molecule has 0 bridgehead atoms. The Morgan fingerprint density at radius 1 is 0.900 bits per heavy atom. The molecule has 0 heterocycles. The molecule has 1 saturated carbocycles. The normalized spacial score (nSPS) is 46.8. The van der Waals surface area contributed by atoms with Crippen LogP contribution in [-0.2, 0) is 0 Å². The summed E-state index contributed by atoms with van der Waals surface area (Å²) in [6, 6.07) is 0. The van der Waals surface area contributed by atoms with Gasteiger partial charge in [-0.2, -0.15) is 0 Å². The highest BCUT2D eigenvalue weighted by Crippen LogP contribution is 2.57. The highest BCUT2D eigenvalue weighted by atomic mass is 14.5. The quantitative estimate of drug-likeness (QED) is 0.549. The minimum atomic E-state index is 0.699. The second-order valence-electron chi connectivity index (χ2n) is 4.68. The highest BCUT2D eigenvalue weighted by molar-refractivity contribution is 4.96. The first-order valence-corrected chi connectivity index (χ1v) is 4.54. The van der Waals surface area contributed by atoms with Crippen molar-refractivity contribution in [3.05, 3.63) is 0 Å². The fraction of sp³-hybridized carbons (Fsp3) is 1.00. The van der Waals surface area contributed by atoms with Gasteiger partial charge in [0.05, 0.1) is 0 Å². The third-order valence-electron chi connectivity index (χ3n) is 3.41. The molecule has 0 heteroatoms. The summed E-state index contributed by atoms with van der Waals surface area (Å²) in [6.07, 6.45) is 5.63. The molecule has 10 heavy (non-hydrogen) atoms. The molecular formula is C10H20. The first-order valence-electron chi connectivity index (χ1n) is 4.54. The maximum Gasteiger partial charge on any atom is -0.0318 e. The average molecular weight is 140 g/mol. The van der Waals surface area contributed by atoms with E-state index in [1.807, 2.05) is 0 Å². The third-order valence-corrected chi connectivity index (χ3v) is 3.41. The van der Waals surface area contributed by atoms with E-state index in [1.54, 1.807) is 0 Å². The molecule has 1 aliphatic rings. The van der Waals surface area contributed by atoms with Gasteiger partial charge in [0.2, 0.25) is 0 Å². The van der Waals surface area contributed by atoms with Crippen molar-refractivity contribution < 1.29 is 0 Å².